The van der Waals surface area contributed by atoms with E-state index in [2.05, 4.69) is 93.7 Å². The number of unbranched alkanes of at least 4 members (excludes halogenated alkanes) is 29. The van der Waals surface area contributed by atoms with Crippen molar-refractivity contribution in [3.63, 3.8) is 0 Å². The Labute approximate surface area is 414 Å². The minimum atomic E-state index is -0.788. The lowest BCUT2D eigenvalue weighted by atomic mass is 10.1. The van der Waals surface area contributed by atoms with Crippen LogP contribution in [0, 0.1) is 0 Å². The van der Waals surface area contributed by atoms with Crippen LogP contribution in [0.2, 0.25) is 0 Å². The van der Waals surface area contributed by atoms with Gasteiger partial charge in [0.1, 0.15) is 13.2 Å². The van der Waals surface area contributed by atoms with Gasteiger partial charge in [0.25, 0.3) is 0 Å². The third-order valence-electron chi connectivity index (χ3n) is 12.2. The molecule has 6 heteroatoms. The predicted octanol–water partition coefficient (Wildman–Crippen LogP) is 19.0. The Kier molecular flexibility index (Phi) is 52.8. The Morgan fingerprint density at radius 3 is 0.910 bits per heavy atom. The Morgan fingerprint density at radius 1 is 0.313 bits per heavy atom. The molecule has 0 aliphatic carbocycles. The fourth-order valence-corrected chi connectivity index (χ4v) is 7.85. The first-order valence-electron chi connectivity index (χ1n) is 28.5. The summed E-state index contributed by atoms with van der Waals surface area (Å²) in [7, 11) is 0. The molecule has 67 heavy (non-hydrogen) atoms. The molecule has 0 aliphatic rings. The molecule has 0 bridgehead atoms. The number of carbonyl (C=O) groups is 3. The third kappa shape index (κ3) is 53.7. The minimum Gasteiger partial charge on any atom is -0.462 e. The van der Waals surface area contributed by atoms with Crippen molar-refractivity contribution in [3.8, 4) is 0 Å². The summed E-state index contributed by atoms with van der Waals surface area (Å²) in [6.07, 6.45) is 70.2. The van der Waals surface area contributed by atoms with Crippen LogP contribution in [0.1, 0.15) is 278 Å². The summed E-state index contributed by atoms with van der Waals surface area (Å²) in [5, 5.41) is 0. The molecule has 0 aromatic rings. The zero-order valence-corrected chi connectivity index (χ0v) is 44.2. The molecule has 0 aromatic heterocycles. The number of rotatable bonds is 51. The molecule has 0 saturated heterocycles. The van der Waals surface area contributed by atoms with Gasteiger partial charge < -0.3 is 14.2 Å². The predicted molar refractivity (Wildman–Crippen MR) is 288 cm³/mol. The van der Waals surface area contributed by atoms with Gasteiger partial charge >= 0.3 is 17.9 Å². The molecule has 1 atom stereocenters. The molecule has 0 saturated carbocycles. The number of esters is 3. The van der Waals surface area contributed by atoms with Gasteiger partial charge in [-0.05, 0) is 109 Å². The summed E-state index contributed by atoms with van der Waals surface area (Å²) < 4.78 is 16.9. The molecule has 0 aromatic carbocycles. The van der Waals surface area contributed by atoms with E-state index >= 15 is 0 Å². The Morgan fingerprint density at radius 2 is 0.582 bits per heavy atom. The zero-order valence-electron chi connectivity index (χ0n) is 44.2. The van der Waals surface area contributed by atoms with E-state index in [1.54, 1.807) is 0 Å². The molecule has 0 amide bonds. The number of carbonyl (C=O) groups excluding carboxylic acids is 3. The number of hydrogen-bond donors (Lipinski definition) is 0. The van der Waals surface area contributed by atoms with Gasteiger partial charge in [0.15, 0.2) is 6.10 Å². The smallest absolute Gasteiger partial charge is 0.306 e. The summed E-state index contributed by atoms with van der Waals surface area (Å²) in [6.45, 7) is 6.55. The zero-order chi connectivity index (χ0) is 48.6. The highest BCUT2D eigenvalue weighted by Gasteiger charge is 2.19. The molecule has 0 heterocycles. The van der Waals surface area contributed by atoms with Gasteiger partial charge in [-0.2, -0.15) is 0 Å². The van der Waals surface area contributed by atoms with E-state index in [0.29, 0.717) is 19.3 Å². The summed E-state index contributed by atoms with van der Waals surface area (Å²) in [5.74, 6) is -0.906. The molecule has 386 valence electrons. The van der Waals surface area contributed by atoms with E-state index in [1.807, 2.05) is 0 Å². The lowest BCUT2D eigenvalue weighted by Gasteiger charge is -2.18. The van der Waals surface area contributed by atoms with Crippen molar-refractivity contribution >= 4 is 17.9 Å². The minimum absolute atomic E-state index is 0.0864. The quantitative estimate of drug-likeness (QED) is 0.0199. The molecule has 1 unspecified atom stereocenters. The van der Waals surface area contributed by atoms with Gasteiger partial charge in [0.2, 0.25) is 0 Å². The molecule has 0 rings (SSSR count). The van der Waals surface area contributed by atoms with Crippen LogP contribution in [-0.4, -0.2) is 37.2 Å². The maximum absolute atomic E-state index is 12.9. The fourth-order valence-electron chi connectivity index (χ4n) is 7.85. The number of allylic oxidation sites excluding steroid dienone is 12. The lowest BCUT2D eigenvalue weighted by molar-refractivity contribution is -0.167. The number of hydrogen-bond acceptors (Lipinski definition) is 6. The second-order valence-corrected chi connectivity index (χ2v) is 18.9. The fraction of sp³-hybridized carbons (Fsp3) is 0.754. The van der Waals surface area contributed by atoms with Crippen LogP contribution in [0.15, 0.2) is 72.9 Å². The van der Waals surface area contributed by atoms with Gasteiger partial charge in [-0.25, -0.2) is 0 Å². The Balaban J connectivity index is 4.42. The second kappa shape index (κ2) is 55.4. The Hall–Kier alpha value is -3.15. The summed E-state index contributed by atoms with van der Waals surface area (Å²) in [4.78, 5) is 38.1. The van der Waals surface area contributed by atoms with Gasteiger partial charge in [-0.15, -0.1) is 0 Å². The van der Waals surface area contributed by atoms with E-state index in [-0.39, 0.29) is 31.1 Å². The second-order valence-electron chi connectivity index (χ2n) is 18.9. The van der Waals surface area contributed by atoms with Crippen molar-refractivity contribution in [1.82, 2.24) is 0 Å². The third-order valence-corrected chi connectivity index (χ3v) is 12.2. The van der Waals surface area contributed by atoms with E-state index in [1.165, 1.54) is 148 Å². The van der Waals surface area contributed by atoms with Crippen LogP contribution < -0.4 is 0 Å². The van der Waals surface area contributed by atoms with Crippen molar-refractivity contribution in [2.24, 2.45) is 0 Å². The summed E-state index contributed by atoms with van der Waals surface area (Å²) in [5.41, 5.74) is 0. The first-order valence-corrected chi connectivity index (χ1v) is 28.5. The van der Waals surface area contributed by atoms with Crippen molar-refractivity contribution < 1.29 is 28.6 Å². The first-order chi connectivity index (χ1) is 33.0. The van der Waals surface area contributed by atoms with Gasteiger partial charge in [-0.1, -0.05) is 222 Å². The van der Waals surface area contributed by atoms with E-state index < -0.39 is 6.10 Å². The first kappa shape index (κ1) is 63.8. The van der Waals surface area contributed by atoms with Crippen LogP contribution >= 0.6 is 0 Å². The van der Waals surface area contributed by atoms with Crippen LogP contribution in [0.5, 0.6) is 0 Å². The summed E-state index contributed by atoms with van der Waals surface area (Å²) >= 11 is 0. The topological polar surface area (TPSA) is 78.9 Å². The highest BCUT2D eigenvalue weighted by molar-refractivity contribution is 5.71. The largest absolute Gasteiger partial charge is 0.462 e. The van der Waals surface area contributed by atoms with Crippen LogP contribution in [0.3, 0.4) is 0 Å². The maximum Gasteiger partial charge on any atom is 0.306 e. The van der Waals surface area contributed by atoms with Crippen molar-refractivity contribution in [1.29, 1.82) is 0 Å². The van der Waals surface area contributed by atoms with Crippen molar-refractivity contribution in [2.45, 2.75) is 284 Å². The molecule has 0 radical (unpaired) electrons. The van der Waals surface area contributed by atoms with E-state index in [9.17, 15) is 14.4 Å². The van der Waals surface area contributed by atoms with Crippen molar-refractivity contribution in [2.75, 3.05) is 13.2 Å². The normalized spacial score (nSPS) is 12.6. The standard InChI is InChI=1S/C61H106O6/c1-4-7-10-13-16-19-22-25-28-30-33-36-39-42-45-48-51-54-60(63)66-57-58(56-65-59(62)53-50-47-44-41-38-35-32-27-24-21-18-15-12-9-6-3)67-61(64)55-52-49-46-43-40-37-34-31-29-26-23-20-17-14-11-8-5-2/h16-21,24-29,58H,4-15,22-23,30-57H2,1-3H3/b19-16-,20-17-,21-18-,27-24-,28-25-,29-26-. The highest BCUT2D eigenvalue weighted by atomic mass is 16.6. The van der Waals surface area contributed by atoms with Gasteiger partial charge in [0, 0.05) is 19.3 Å². The summed E-state index contributed by atoms with van der Waals surface area (Å²) in [6, 6.07) is 0. The average Bonchev–Trinajstić information content (AvgIpc) is 3.33. The molecule has 0 N–H and O–H groups in total. The van der Waals surface area contributed by atoms with Gasteiger partial charge in [-0.3, -0.25) is 14.4 Å². The van der Waals surface area contributed by atoms with Crippen molar-refractivity contribution in [3.05, 3.63) is 72.9 Å². The average molecular weight is 936 g/mol. The van der Waals surface area contributed by atoms with Crippen LogP contribution in [0.4, 0.5) is 0 Å². The highest BCUT2D eigenvalue weighted by Crippen LogP contribution is 2.15. The van der Waals surface area contributed by atoms with E-state index in [4.69, 9.17) is 14.2 Å². The number of ether oxygens (including phenoxy) is 3. The Bertz CT molecular complexity index is 1260. The maximum atomic E-state index is 12.9. The van der Waals surface area contributed by atoms with Crippen LogP contribution in [0.25, 0.3) is 0 Å². The lowest BCUT2D eigenvalue weighted by Crippen LogP contribution is -2.30. The molecular formula is C61H106O6. The van der Waals surface area contributed by atoms with Gasteiger partial charge in [0.05, 0.1) is 0 Å². The van der Waals surface area contributed by atoms with Crippen LogP contribution in [-0.2, 0) is 28.6 Å². The SMILES string of the molecule is CCCCC/C=C\C=C/CCCCCCCCC(=O)OCC(COC(=O)CCCCCCCCC/C=C\C/C=C\CCCCC)OC(=O)CCCCCCCCC/C=C\C/C=C\CCCCC. The molecule has 0 fully saturated rings. The molecule has 0 spiro atoms. The van der Waals surface area contributed by atoms with E-state index in [0.717, 1.165) is 89.9 Å². The molecule has 0 aliphatic heterocycles. The monoisotopic (exact) mass is 935 g/mol. The molecular weight excluding hydrogens is 829 g/mol. The molecule has 6 nitrogen and oxygen atoms in total.